The molecule has 0 aromatic heterocycles. The molecule has 1 saturated carbocycles. The first kappa shape index (κ1) is 15.3. The monoisotopic (exact) mass is 340 g/mol. The van der Waals surface area contributed by atoms with Gasteiger partial charge in [0.1, 0.15) is 5.75 Å². The molecule has 2 rings (SSSR count). The number of rotatable bonds is 3. The molecule has 0 spiro atoms. The maximum atomic E-state index is 12.4. The molecule has 20 heavy (non-hydrogen) atoms. The Kier molecular flexibility index (Phi) is 5.43. The molecule has 0 bridgehead atoms. The van der Waals surface area contributed by atoms with E-state index in [0.29, 0.717) is 5.75 Å². The fraction of sp³-hybridized carbons (Fsp3) is 0.533. The lowest BCUT2D eigenvalue weighted by atomic mass is 9.94. The molecule has 0 radical (unpaired) electrons. The topological polar surface area (TPSA) is 64.3 Å². The van der Waals surface area contributed by atoms with E-state index >= 15 is 0 Å². The summed E-state index contributed by atoms with van der Waals surface area (Å²) < 4.78 is 6.07. The Balaban J connectivity index is 2.08. The second-order valence-electron chi connectivity index (χ2n) is 5.28. The van der Waals surface area contributed by atoms with E-state index in [0.717, 1.165) is 35.8 Å². The SMILES string of the molecule is COc1cc(Br)cc(NC(=O)C2CCCCCC2N)c1. The van der Waals surface area contributed by atoms with Crippen LogP contribution < -0.4 is 15.8 Å². The summed E-state index contributed by atoms with van der Waals surface area (Å²) in [5, 5.41) is 2.96. The molecular weight excluding hydrogens is 320 g/mol. The summed E-state index contributed by atoms with van der Waals surface area (Å²) in [6.45, 7) is 0. The minimum absolute atomic E-state index is 0.0135. The second kappa shape index (κ2) is 7.09. The van der Waals surface area contributed by atoms with Gasteiger partial charge >= 0.3 is 0 Å². The number of carbonyl (C=O) groups is 1. The molecule has 1 aliphatic carbocycles. The smallest absolute Gasteiger partial charge is 0.229 e. The number of methoxy groups -OCH3 is 1. The van der Waals surface area contributed by atoms with E-state index in [1.165, 1.54) is 6.42 Å². The quantitative estimate of drug-likeness (QED) is 0.829. The number of halogens is 1. The summed E-state index contributed by atoms with van der Waals surface area (Å²) in [6.07, 6.45) is 5.17. The molecule has 5 heteroatoms. The fourth-order valence-electron chi connectivity index (χ4n) is 2.65. The first-order chi connectivity index (χ1) is 9.60. The van der Waals surface area contributed by atoms with Gasteiger partial charge in [-0.25, -0.2) is 0 Å². The van der Waals surface area contributed by atoms with E-state index < -0.39 is 0 Å². The van der Waals surface area contributed by atoms with E-state index in [1.807, 2.05) is 18.2 Å². The summed E-state index contributed by atoms with van der Waals surface area (Å²) in [7, 11) is 1.61. The third-order valence-corrected chi connectivity index (χ3v) is 4.24. The Morgan fingerprint density at radius 1 is 1.30 bits per heavy atom. The van der Waals surface area contributed by atoms with Gasteiger partial charge in [0.05, 0.1) is 13.0 Å². The first-order valence-corrected chi connectivity index (χ1v) is 7.80. The molecule has 110 valence electrons. The van der Waals surface area contributed by atoms with E-state index in [4.69, 9.17) is 10.5 Å². The number of benzene rings is 1. The predicted molar refractivity (Wildman–Crippen MR) is 83.9 cm³/mol. The summed E-state index contributed by atoms with van der Waals surface area (Å²) >= 11 is 3.41. The van der Waals surface area contributed by atoms with Gasteiger partial charge in [0.15, 0.2) is 0 Å². The highest BCUT2D eigenvalue weighted by Gasteiger charge is 2.27. The van der Waals surface area contributed by atoms with Crippen LogP contribution in [0.15, 0.2) is 22.7 Å². The summed E-state index contributed by atoms with van der Waals surface area (Å²) in [6, 6.07) is 5.49. The molecule has 1 aliphatic rings. The number of ether oxygens (including phenoxy) is 1. The zero-order chi connectivity index (χ0) is 14.5. The Labute approximate surface area is 128 Å². The van der Waals surface area contributed by atoms with Crippen molar-refractivity contribution in [1.29, 1.82) is 0 Å². The average Bonchev–Trinajstić information content (AvgIpc) is 2.62. The van der Waals surface area contributed by atoms with Crippen LogP contribution in [0.3, 0.4) is 0 Å². The van der Waals surface area contributed by atoms with Crippen LogP contribution in [0.1, 0.15) is 32.1 Å². The lowest BCUT2D eigenvalue weighted by molar-refractivity contribution is -0.120. The lowest BCUT2D eigenvalue weighted by Gasteiger charge is -2.20. The summed E-state index contributed by atoms with van der Waals surface area (Å²) in [4.78, 5) is 12.4. The van der Waals surface area contributed by atoms with E-state index in [9.17, 15) is 4.79 Å². The van der Waals surface area contributed by atoms with Crippen molar-refractivity contribution in [1.82, 2.24) is 0 Å². The van der Waals surface area contributed by atoms with Crippen molar-refractivity contribution in [2.45, 2.75) is 38.1 Å². The number of nitrogens with one attached hydrogen (secondary N) is 1. The van der Waals surface area contributed by atoms with Crippen LogP contribution in [-0.2, 0) is 4.79 Å². The van der Waals surface area contributed by atoms with Crippen molar-refractivity contribution < 1.29 is 9.53 Å². The van der Waals surface area contributed by atoms with Gasteiger partial charge in [0, 0.05) is 22.3 Å². The molecule has 0 aliphatic heterocycles. The molecule has 1 fully saturated rings. The Bertz CT molecular complexity index is 479. The molecule has 4 nitrogen and oxygen atoms in total. The standard InChI is InChI=1S/C15H21BrN2O2/c1-20-12-8-10(16)7-11(9-12)18-15(19)13-5-3-2-4-6-14(13)17/h7-9,13-14H,2-6,17H2,1H3,(H,18,19). The summed E-state index contributed by atoms with van der Waals surface area (Å²) in [5.74, 6) is 0.627. The predicted octanol–water partition coefficient (Wildman–Crippen LogP) is 3.30. The highest BCUT2D eigenvalue weighted by atomic mass is 79.9. The van der Waals surface area contributed by atoms with Gasteiger partial charge in [-0.1, -0.05) is 35.2 Å². The molecule has 2 atom stereocenters. The number of hydrogen-bond acceptors (Lipinski definition) is 3. The van der Waals surface area contributed by atoms with Crippen molar-refractivity contribution in [3.05, 3.63) is 22.7 Å². The molecular formula is C15H21BrN2O2. The van der Waals surface area contributed by atoms with Crippen LogP contribution in [0.5, 0.6) is 5.75 Å². The highest BCUT2D eigenvalue weighted by Crippen LogP contribution is 2.27. The van der Waals surface area contributed by atoms with Crippen molar-refractivity contribution in [2.24, 2.45) is 11.7 Å². The van der Waals surface area contributed by atoms with Crippen molar-refractivity contribution >= 4 is 27.5 Å². The normalized spacial score (nSPS) is 22.9. The molecule has 1 aromatic rings. The molecule has 1 amide bonds. The average molecular weight is 341 g/mol. The molecule has 3 N–H and O–H groups in total. The molecule has 0 saturated heterocycles. The number of anilines is 1. The zero-order valence-electron chi connectivity index (χ0n) is 11.7. The molecule has 2 unspecified atom stereocenters. The second-order valence-corrected chi connectivity index (χ2v) is 6.19. The number of carbonyl (C=O) groups excluding carboxylic acids is 1. The minimum atomic E-state index is -0.0949. The Morgan fingerprint density at radius 2 is 2.05 bits per heavy atom. The van der Waals surface area contributed by atoms with Gasteiger partial charge in [-0.3, -0.25) is 4.79 Å². The minimum Gasteiger partial charge on any atom is -0.497 e. The van der Waals surface area contributed by atoms with E-state index in [2.05, 4.69) is 21.2 Å². The van der Waals surface area contributed by atoms with Crippen LogP contribution in [0, 0.1) is 5.92 Å². The van der Waals surface area contributed by atoms with Crippen LogP contribution in [0.25, 0.3) is 0 Å². The van der Waals surface area contributed by atoms with Crippen LogP contribution >= 0.6 is 15.9 Å². The molecule has 1 aromatic carbocycles. The maximum absolute atomic E-state index is 12.4. The van der Waals surface area contributed by atoms with Crippen molar-refractivity contribution in [2.75, 3.05) is 12.4 Å². The number of nitrogens with two attached hydrogens (primary N) is 1. The molecule has 0 heterocycles. The van der Waals surface area contributed by atoms with Crippen molar-refractivity contribution in [3.8, 4) is 5.75 Å². The van der Waals surface area contributed by atoms with Gasteiger partial charge in [-0.05, 0) is 25.0 Å². The van der Waals surface area contributed by atoms with Gasteiger partial charge in [-0.2, -0.15) is 0 Å². The first-order valence-electron chi connectivity index (χ1n) is 7.01. The third-order valence-electron chi connectivity index (χ3n) is 3.78. The van der Waals surface area contributed by atoms with Gasteiger partial charge in [-0.15, -0.1) is 0 Å². The maximum Gasteiger partial charge on any atom is 0.229 e. The summed E-state index contributed by atoms with van der Waals surface area (Å²) in [5.41, 5.74) is 6.86. The third kappa shape index (κ3) is 3.96. The van der Waals surface area contributed by atoms with Gasteiger partial charge in [0.25, 0.3) is 0 Å². The van der Waals surface area contributed by atoms with E-state index in [-0.39, 0.29) is 17.9 Å². The fourth-order valence-corrected chi connectivity index (χ4v) is 3.12. The largest absolute Gasteiger partial charge is 0.497 e. The zero-order valence-corrected chi connectivity index (χ0v) is 13.3. The van der Waals surface area contributed by atoms with Crippen LogP contribution in [0.2, 0.25) is 0 Å². The van der Waals surface area contributed by atoms with E-state index in [1.54, 1.807) is 7.11 Å². The van der Waals surface area contributed by atoms with Gasteiger partial charge < -0.3 is 15.8 Å². The lowest BCUT2D eigenvalue weighted by Crippen LogP contribution is -2.37. The highest BCUT2D eigenvalue weighted by molar-refractivity contribution is 9.10. The Hall–Kier alpha value is -1.07. The van der Waals surface area contributed by atoms with Crippen LogP contribution in [0.4, 0.5) is 5.69 Å². The number of hydrogen-bond donors (Lipinski definition) is 2. The van der Waals surface area contributed by atoms with Crippen LogP contribution in [-0.4, -0.2) is 19.1 Å². The van der Waals surface area contributed by atoms with Gasteiger partial charge in [0.2, 0.25) is 5.91 Å². The Morgan fingerprint density at radius 3 is 2.80 bits per heavy atom. The number of amides is 1. The van der Waals surface area contributed by atoms with Crippen molar-refractivity contribution in [3.63, 3.8) is 0 Å².